The quantitative estimate of drug-likeness (QED) is 0.829. The molecule has 5 nitrogen and oxygen atoms in total. The van der Waals surface area contributed by atoms with E-state index in [0.29, 0.717) is 12.1 Å². The number of amides is 1. The van der Waals surface area contributed by atoms with Crippen LogP contribution >= 0.6 is 0 Å². The highest BCUT2D eigenvalue weighted by Gasteiger charge is 2.10. The number of carbonyl (C=O) groups is 2. The minimum absolute atomic E-state index is 0.304. The van der Waals surface area contributed by atoms with Crippen molar-refractivity contribution in [2.75, 3.05) is 13.7 Å². The molecule has 2 aromatic carbocycles. The van der Waals surface area contributed by atoms with E-state index < -0.39 is 5.97 Å². The lowest BCUT2D eigenvalue weighted by Gasteiger charge is -2.08. The van der Waals surface area contributed by atoms with Crippen LogP contribution in [0, 0.1) is 13.8 Å². The summed E-state index contributed by atoms with van der Waals surface area (Å²) in [6.07, 6.45) is 0. The molecule has 0 aromatic heterocycles. The zero-order valence-corrected chi connectivity index (χ0v) is 14.1. The molecule has 0 aliphatic heterocycles. The topological polar surface area (TPSA) is 64.6 Å². The minimum atomic E-state index is -0.502. The molecule has 0 atom stereocenters. The van der Waals surface area contributed by atoms with Gasteiger partial charge in [-0.3, -0.25) is 4.79 Å². The second-order valence-electron chi connectivity index (χ2n) is 5.50. The lowest BCUT2D eigenvalue weighted by Crippen LogP contribution is -2.28. The summed E-state index contributed by atoms with van der Waals surface area (Å²) in [7, 11) is 1.60. The lowest BCUT2D eigenvalue weighted by molar-refractivity contribution is -0.124. The van der Waals surface area contributed by atoms with Crippen LogP contribution in [0.2, 0.25) is 0 Å². The van der Waals surface area contributed by atoms with E-state index in [1.54, 1.807) is 19.2 Å². The Morgan fingerprint density at radius 3 is 2.33 bits per heavy atom. The predicted octanol–water partition coefficient (Wildman–Crippen LogP) is 2.79. The summed E-state index contributed by atoms with van der Waals surface area (Å²) >= 11 is 0. The van der Waals surface area contributed by atoms with E-state index >= 15 is 0 Å². The zero-order valence-electron chi connectivity index (χ0n) is 14.1. The van der Waals surface area contributed by atoms with Gasteiger partial charge in [0.1, 0.15) is 5.75 Å². The molecule has 0 heterocycles. The predicted molar refractivity (Wildman–Crippen MR) is 91.0 cm³/mol. The second-order valence-corrected chi connectivity index (χ2v) is 5.50. The van der Waals surface area contributed by atoms with Gasteiger partial charge in [-0.1, -0.05) is 18.2 Å². The van der Waals surface area contributed by atoms with Crippen LogP contribution in [-0.2, 0) is 16.1 Å². The maximum Gasteiger partial charge on any atom is 0.338 e. The van der Waals surface area contributed by atoms with Crippen LogP contribution in [0.4, 0.5) is 0 Å². The molecule has 0 aliphatic rings. The SMILES string of the molecule is COc1ccc(CNC(=O)COC(=O)c2ccc(C)c(C)c2)cc1. The smallest absolute Gasteiger partial charge is 0.338 e. The normalized spacial score (nSPS) is 10.1. The van der Waals surface area contributed by atoms with Crippen LogP contribution in [0.25, 0.3) is 0 Å². The first-order valence-corrected chi connectivity index (χ1v) is 7.63. The van der Waals surface area contributed by atoms with Crippen LogP contribution in [0.3, 0.4) is 0 Å². The molecule has 0 saturated heterocycles. The van der Waals surface area contributed by atoms with Gasteiger partial charge >= 0.3 is 5.97 Å². The van der Waals surface area contributed by atoms with Crippen molar-refractivity contribution < 1.29 is 19.1 Å². The van der Waals surface area contributed by atoms with Gasteiger partial charge in [-0.2, -0.15) is 0 Å². The maximum atomic E-state index is 11.9. The summed E-state index contributed by atoms with van der Waals surface area (Å²) in [5.74, 6) is -0.0897. The third kappa shape index (κ3) is 4.84. The van der Waals surface area contributed by atoms with E-state index in [1.807, 2.05) is 44.2 Å². The van der Waals surface area contributed by atoms with E-state index in [-0.39, 0.29) is 12.5 Å². The number of benzene rings is 2. The molecule has 1 amide bonds. The number of ether oxygens (including phenoxy) is 2. The van der Waals surface area contributed by atoms with Gasteiger partial charge < -0.3 is 14.8 Å². The first kappa shape index (κ1) is 17.5. The van der Waals surface area contributed by atoms with Crippen molar-refractivity contribution in [3.8, 4) is 5.75 Å². The fraction of sp³-hybridized carbons (Fsp3) is 0.263. The summed E-state index contributed by atoms with van der Waals surface area (Å²) in [5.41, 5.74) is 3.49. The highest BCUT2D eigenvalue weighted by molar-refractivity contribution is 5.91. The molecule has 0 aliphatic carbocycles. The molecular formula is C19H21NO4. The van der Waals surface area contributed by atoms with Gasteiger partial charge in [0.25, 0.3) is 5.91 Å². The summed E-state index contributed by atoms with van der Waals surface area (Å²) < 4.78 is 10.1. The Morgan fingerprint density at radius 1 is 1.00 bits per heavy atom. The first-order valence-electron chi connectivity index (χ1n) is 7.63. The zero-order chi connectivity index (χ0) is 17.5. The Hall–Kier alpha value is -2.82. The van der Waals surface area contributed by atoms with E-state index in [9.17, 15) is 9.59 Å². The average molecular weight is 327 g/mol. The van der Waals surface area contributed by atoms with Crippen LogP contribution in [-0.4, -0.2) is 25.6 Å². The van der Waals surface area contributed by atoms with Crippen molar-refractivity contribution >= 4 is 11.9 Å². The third-order valence-electron chi connectivity index (χ3n) is 3.73. The Balaban J connectivity index is 1.79. The van der Waals surface area contributed by atoms with Gasteiger partial charge in [-0.25, -0.2) is 4.79 Å². The Bertz CT molecular complexity index is 723. The van der Waals surface area contributed by atoms with Crippen molar-refractivity contribution in [1.82, 2.24) is 5.32 Å². The van der Waals surface area contributed by atoms with Crippen molar-refractivity contribution in [2.24, 2.45) is 0 Å². The van der Waals surface area contributed by atoms with Crippen LogP contribution in [0.5, 0.6) is 5.75 Å². The highest BCUT2D eigenvalue weighted by Crippen LogP contribution is 2.12. The van der Waals surface area contributed by atoms with E-state index in [4.69, 9.17) is 9.47 Å². The molecule has 0 saturated carbocycles. The minimum Gasteiger partial charge on any atom is -0.497 e. The molecule has 0 spiro atoms. The Labute approximate surface area is 141 Å². The number of hydrogen-bond donors (Lipinski definition) is 1. The van der Waals surface area contributed by atoms with Gasteiger partial charge in [0, 0.05) is 6.54 Å². The fourth-order valence-corrected chi connectivity index (χ4v) is 2.08. The maximum absolute atomic E-state index is 11.9. The highest BCUT2D eigenvalue weighted by atomic mass is 16.5. The third-order valence-corrected chi connectivity index (χ3v) is 3.73. The number of hydrogen-bond acceptors (Lipinski definition) is 4. The summed E-state index contributed by atoms with van der Waals surface area (Å²) in [4.78, 5) is 23.7. The van der Waals surface area contributed by atoms with E-state index in [2.05, 4.69) is 5.32 Å². The number of methoxy groups -OCH3 is 1. The lowest BCUT2D eigenvalue weighted by atomic mass is 10.1. The summed E-state index contributed by atoms with van der Waals surface area (Å²) in [6, 6.07) is 12.7. The second kappa shape index (κ2) is 8.15. The van der Waals surface area contributed by atoms with Crippen molar-refractivity contribution in [3.63, 3.8) is 0 Å². The first-order chi connectivity index (χ1) is 11.5. The molecule has 0 fully saturated rings. The molecule has 1 N–H and O–H groups in total. The van der Waals surface area contributed by atoms with Crippen LogP contribution < -0.4 is 10.1 Å². The number of aryl methyl sites for hydroxylation is 2. The molecule has 24 heavy (non-hydrogen) atoms. The molecule has 0 unspecified atom stereocenters. The number of rotatable bonds is 6. The van der Waals surface area contributed by atoms with Crippen molar-refractivity contribution in [1.29, 1.82) is 0 Å². The Kier molecular flexibility index (Phi) is 5.95. The van der Waals surface area contributed by atoms with Crippen LogP contribution in [0.15, 0.2) is 42.5 Å². The van der Waals surface area contributed by atoms with Gasteiger partial charge in [0.2, 0.25) is 0 Å². The summed E-state index contributed by atoms with van der Waals surface area (Å²) in [5, 5.41) is 2.71. The molecule has 2 rings (SSSR count). The molecular weight excluding hydrogens is 306 g/mol. The summed E-state index contributed by atoms with van der Waals surface area (Å²) in [6.45, 7) is 3.96. The standard InChI is InChI=1S/C19H21NO4/c1-13-4-7-16(10-14(13)2)19(22)24-12-18(21)20-11-15-5-8-17(23-3)9-6-15/h4-10H,11-12H2,1-3H3,(H,20,21). The number of esters is 1. The molecule has 126 valence electrons. The number of nitrogens with one attached hydrogen (secondary N) is 1. The molecule has 2 aromatic rings. The largest absolute Gasteiger partial charge is 0.497 e. The number of carbonyl (C=O) groups excluding carboxylic acids is 2. The molecule has 0 radical (unpaired) electrons. The van der Waals surface area contributed by atoms with Gasteiger partial charge in [-0.05, 0) is 54.8 Å². The van der Waals surface area contributed by atoms with Crippen molar-refractivity contribution in [2.45, 2.75) is 20.4 Å². The van der Waals surface area contributed by atoms with Gasteiger partial charge in [0.15, 0.2) is 6.61 Å². The molecule has 5 heteroatoms. The van der Waals surface area contributed by atoms with Crippen molar-refractivity contribution in [3.05, 3.63) is 64.7 Å². The van der Waals surface area contributed by atoms with Gasteiger partial charge in [-0.15, -0.1) is 0 Å². The fourth-order valence-electron chi connectivity index (χ4n) is 2.08. The van der Waals surface area contributed by atoms with E-state index in [1.165, 1.54) is 0 Å². The van der Waals surface area contributed by atoms with E-state index in [0.717, 1.165) is 22.4 Å². The Morgan fingerprint density at radius 2 is 1.71 bits per heavy atom. The monoisotopic (exact) mass is 327 g/mol. The molecule has 0 bridgehead atoms. The van der Waals surface area contributed by atoms with Gasteiger partial charge in [0.05, 0.1) is 12.7 Å². The van der Waals surface area contributed by atoms with Crippen LogP contribution in [0.1, 0.15) is 27.0 Å². The average Bonchev–Trinajstić information content (AvgIpc) is 2.60.